The first kappa shape index (κ1) is 17.6. The Kier molecular flexibility index (Phi) is 4.83. The molecule has 4 rings (SSSR count). The lowest BCUT2D eigenvalue weighted by Gasteiger charge is -2.33. The monoisotopic (exact) mass is 363 g/mol. The molecule has 0 unspecified atom stereocenters. The van der Waals surface area contributed by atoms with Crippen LogP contribution in [0.15, 0.2) is 30.9 Å². The summed E-state index contributed by atoms with van der Waals surface area (Å²) < 4.78 is 2.07. The Morgan fingerprint density at radius 3 is 2.70 bits per heavy atom. The topological polar surface area (TPSA) is 72.6 Å². The molecule has 0 aliphatic carbocycles. The van der Waals surface area contributed by atoms with Crippen LogP contribution in [0.2, 0.25) is 0 Å². The van der Waals surface area contributed by atoms with Crippen LogP contribution in [0.1, 0.15) is 30.2 Å². The molecule has 0 N–H and O–H groups in total. The van der Waals surface area contributed by atoms with Crippen LogP contribution < -0.4 is 4.90 Å². The summed E-state index contributed by atoms with van der Waals surface area (Å²) in [6.45, 7) is 5.97. The standard InChI is InChI=1S/C20H25N7/c1-14-21-7-6-19(25-14)27-10-4-5-16(13-27)11-17-20(23-9-8-22-17)18-12-24-15(2)26(18)3/h6-9,12,16H,4-5,10-11,13H2,1-3H3/t16-/m0/s1. The predicted molar refractivity (Wildman–Crippen MR) is 104 cm³/mol. The second kappa shape index (κ2) is 7.42. The minimum absolute atomic E-state index is 0.527. The predicted octanol–water partition coefficient (Wildman–Crippen LogP) is 2.74. The summed E-state index contributed by atoms with van der Waals surface area (Å²) in [6.07, 6.45) is 10.5. The van der Waals surface area contributed by atoms with Crippen LogP contribution in [0, 0.1) is 19.8 Å². The van der Waals surface area contributed by atoms with Gasteiger partial charge in [0.2, 0.25) is 0 Å². The van der Waals surface area contributed by atoms with Crippen LogP contribution in [0.25, 0.3) is 11.4 Å². The summed E-state index contributed by atoms with van der Waals surface area (Å²) in [5.74, 6) is 3.34. The van der Waals surface area contributed by atoms with E-state index in [2.05, 4.69) is 34.4 Å². The van der Waals surface area contributed by atoms with Crippen molar-refractivity contribution in [2.45, 2.75) is 33.1 Å². The lowest BCUT2D eigenvalue weighted by atomic mass is 9.92. The first-order chi connectivity index (χ1) is 13.1. The van der Waals surface area contributed by atoms with Crippen molar-refractivity contribution < 1.29 is 0 Å². The maximum Gasteiger partial charge on any atom is 0.132 e. The third-order valence-electron chi connectivity index (χ3n) is 5.32. The number of hydrogen-bond donors (Lipinski definition) is 0. The number of aromatic nitrogens is 6. The second-order valence-corrected chi connectivity index (χ2v) is 7.22. The Morgan fingerprint density at radius 1 is 1.07 bits per heavy atom. The Labute approximate surface area is 159 Å². The van der Waals surface area contributed by atoms with Crippen molar-refractivity contribution in [1.29, 1.82) is 0 Å². The Balaban J connectivity index is 1.55. The molecule has 0 bridgehead atoms. The number of rotatable bonds is 4. The highest BCUT2D eigenvalue weighted by Crippen LogP contribution is 2.27. The van der Waals surface area contributed by atoms with E-state index in [-0.39, 0.29) is 0 Å². The molecule has 1 aliphatic heterocycles. The van der Waals surface area contributed by atoms with E-state index < -0.39 is 0 Å². The Morgan fingerprint density at radius 2 is 1.93 bits per heavy atom. The Bertz CT molecular complexity index is 934. The van der Waals surface area contributed by atoms with Crippen molar-refractivity contribution in [3.8, 4) is 11.4 Å². The van der Waals surface area contributed by atoms with E-state index in [9.17, 15) is 0 Å². The first-order valence-corrected chi connectivity index (χ1v) is 9.45. The van der Waals surface area contributed by atoms with Gasteiger partial charge in [-0.3, -0.25) is 9.97 Å². The van der Waals surface area contributed by atoms with Gasteiger partial charge < -0.3 is 9.47 Å². The van der Waals surface area contributed by atoms with Crippen molar-refractivity contribution in [3.63, 3.8) is 0 Å². The average Bonchev–Trinajstić information content (AvgIpc) is 3.01. The van der Waals surface area contributed by atoms with Gasteiger partial charge >= 0.3 is 0 Å². The molecule has 1 atom stereocenters. The molecule has 3 aromatic rings. The van der Waals surface area contributed by atoms with Crippen molar-refractivity contribution in [1.82, 2.24) is 29.5 Å². The van der Waals surface area contributed by atoms with Gasteiger partial charge in [-0.2, -0.15) is 0 Å². The third-order valence-corrected chi connectivity index (χ3v) is 5.32. The largest absolute Gasteiger partial charge is 0.356 e. The van der Waals surface area contributed by atoms with E-state index in [0.29, 0.717) is 5.92 Å². The zero-order chi connectivity index (χ0) is 18.8. The molecule has 7 nitrogen and oxygen atoms in total. The fourth-order valence-electron chi connectivity index (χ4n) is 3.79. The highest BCUT2D eigenvalue weighted by Gasteiger charge is 2.24. The molecule has 0 amide bonds. The highest BCUT2D eigenvalue weighted by molar-refractivity contribution is 5.57. The summed E-state index contributed by atoms with van der Waals surface area (Å²) in [7, 11) is 2.02. The maximum atomic E-state index is 4.66. The molecule has 1 saturated heterocycles. The summed E-state index contributed by atoms with van der Waals surface area (Å²) in [5, 5.41) is 0. The molecule has 0 saturated carbocycles. The Hall–Kier alpha value is -2.83. The van der Waals surface area contributed by atoms with Crippen LogP contribution in [-0.4, -0.2) is 42.6 Å². The molecule has 27 heavy (non-hydrogen) atoms. The smallest absolute Gasteiger partial charge is 0.132 e. The minimum Gasteiger partial charge on any atom is -0.356 e. The van der Waals surface area contributed by atoms with E-state index in [0.717, 1.165) is 60.5 Å². The van der Waals surface area contributed by atoms with Crippen LogP contribution in [0.4, 0.5) is 5.82 Å². The summed E-state index contributed by atoms with van der Waals surface area (Å²) in [4.78, 5) is 24.9. The number of nitrogens with zero attached hydrogens (tertiary/aromatic N) is 7. The summed E-state index contributed by atoms with van der Waals surface area (Å²) in [6, 6.07) is 2.00. The fraction of sp³-hybridized carbons (Fsp3) is 0.450. The number of hydrogen-bond acceptors (Lipinski definition) is 6. The molecule has 0 spiro atoms. The van der Waals surface area contributed by atoms with E-state index in [1.54, 1.807) is 12.4 Å². The number of imidazole rings is 1. The molecule has 7 heteroatoms. The summed E-state index contributed by atoms with van der Waals surface area (Å²) >= 11 is 0. The third kappa shape index (κ3) is 3.67. The van der Waals surface area contributed by atoms with Crippen molar-refractivity contribution in [3.05, 3.63) is 48.2 Å². The van der Waals surface area contributed by atoms with Gasteiger partial charge in [0.25, 0.3) is 0 Å². The average molecular weight is 363 g/mol. The molecule has 4 heterocycles. The lowest BCUT2D eigenvalue weighted by molar-refractivity contribution is 0.408. The normalized spacial score (nSPS) is 17.3. The number of piperidine rings is 1. The minimum atomic E-state index is 0.527. The zero-order valence-electron chi connectivity index (χ0n) is 16.1. The van der Waals surface area contributed by atoms with Gasteiger partial charge in [-0.25, -0.2) is 15.0 Å². The van der Waals surface area contributed by atoms with E-state index in [1.807, 2.05) is 39.4 Å². The molecule has 0 radical (unpaired) electrons. The van der Waals surface area contributed by atoms with Gasteiger partial charge in [0, 0.05) is 38.7 Å². The van der Waals surface area contributed by atoms with Gasteiger partial charge in [-0.05, 0) is 45.1 Å². The van der Waals surface area contributed by atoms with E-state index in [1.165, 1.54) is 6.42 Å². The van der Waals surface area contributed by atoms with Crippen LogP contribution in [0.3, 0.4) is 0 Å². The highest BCUT2D eigenvalue weighted by atomic mass is 15.2. The van der Waals surface area contributed by atoms with Gasteiger partial charge in [0.1, 0.15) is 23.2 Å². The van der Waals surface area contributed by atoms with Crippen molar-refractivity contribution >= 4 is 5.82 Å². The number of aryl methyl sites for hydroxylation is 2. The zero-order valence-corrected chi connectivity index (χ0v) is 16.1. The first-order valence-electron chi connectivity index (χ1n) is 9.45. The van der Waals surface area contributed by atoms with E-state index in [4.69, 9.17) is 0 Å². The van der Waals surface area contributed by atoms with Gasteiger partial charge in [0.05, 0.1) is 17.6 Å². The lowest BCUT2D eigenvalue weighted by Crippen LogP contribution is -2.37. The van der Waals surface area contributed by atoms with Crippen molar-refractivity contribution in [2.75, 3.05) is 18.0 Å². The van der Waals surface area contributed by atoms with Crippen LogP contribution >= 0.6 is 0 Å². The molecular weight excluding hydrogens is 338 g/mol. The van der Waals surface area contributed by atoms with Gasteiger partial charge in [-0.15, -0.1) is 0 Å². The summed E-state index contributed by atoms with van der Waals surface area (Å²) in [5.41, 5.74) is 3.01. The quantitative estimate of drug-likeness (QED) is 0.710. The van der Waals surface area contributed by atoms with E-state index >= 15 is 0 Å². The van der Waals surface area contributed by atoms with Gasteiger partial charge in [-0.1, -0.05) is 0 Å². The maximum absolute atomic E-state index is 4.66. The number of anilines is 1. The van der Waals surface area contributed by atoms with Crippen LogP contribution in [0.5, 0.6) is 0 Å². The van der Waals surface area contributed by atoms with Gasteiger partial charge in [0.15, 0.2) is 0 Å². The molecule has 0 aromatic carbocycles. The molecule has 3 aromatic heterocycles. The SMILES string of the molecule is Cc1nccc(N2CCC[C@@H](Cc3nccnc3-c3cnc(C)n3C)C2)n1. The molecule has 1 fully saturated rings. The second-order valence-electron chi connectivity index (χ2n) is 7.22. The molecular formula is C20H25N7. The fourth-order valence-corrected chi connectivity index (χ4v) is 3.79. The molecule has 1 aliphatic rings. The molecule has 140 valence electrons. The van der Waals surface area contributed by atoms with Crippen molar-refractivity contribution in [2.24, 2.45) is 13.0 Å². The van der Waals surface area contributed by atoms with Crippen LogP contribution in [-0.2, 0) is 13.5 Å².